The lowest BCUT2D eigenvalue weighted by molar-refractivity contribution is 0.280. The molecule has 3 heteroatoms. The lowest BCUT2D eigenvalue weighted by atomic mass is 10.0. The molecule has 3 nitrogen and oxygen atoms in total. The average Bonchev–Trinajstić information content (AvgIpc) is 2.83. The Balaban J connectivity index is 2.12. The van der Waals surface area contributed by atoms with Gasteiger partial charge in [0, 0.05) is 6.54 Å². The molecule has 0 unspecified atom stereocenters. The largest absolute Gasteiger partial charge is 0.483 e. The molecule has 0 spiro atoms. The summed E-state index contributed by atoms with van der Waals surface area (Å²) in [4.78, 5) is 4.39. The normalized spacial score (nSPS) is 16.6. The van der Waals surface area contributed by atoms with Gasteiger partial charge in [-0.1, -0.05) is 32.0 Å². The monoisotopic (exact) mass is 232 g/mol. The number of benzene rings is 1. The first kappa shape index (κ1) is 12.0. The third-order valence-electron chi connectivity index (χ3n) is 2.93. The van der Waals surface area contributed by atoms with Crippen LogP contribution in [0.5, 0.6) is 5.75 Å². The summed E-state index contributed by atoms with van der Waals surface area (Å²) in [5, 5.41) is 3.25. The number of amidine groups is 1. The fourth-order valence-corrected chi connectivity index (χ4v) is 2.00. The zero-order valence-corrected chi connectivity index (χ0v) is 10.7. The van der Waals surface area contributed by atoms with Crippen LogP contribution in [0.2, 0.25) is 0 Å². The van der Waals surface area contributed by atoms with Gasteiger partial charge < -0.3 is 10.1 Å². The molecule has 0 bridgehead atoms. The van der Waals surface area contributed by atoms with E-state index in [9.17, 15) is 0 Å². The summed E-state index contributed by atoms with van der Waals surface area (Å²) in [5.74, 6) is 2.40. The van der Waals surface area contributed by atoms with Crippen LogP contribution in [0.25, 0.3) is 0 Å². The quantitative estimate of drug-likeness (QED) is 0.865. The minimum atomic E-state index is -0.00241. The van der Waals surface area contributed by atoms with Crippen LogP contribution in [0.3, 0.4) is 0 Å². The first-order valence-corrected chi connectivity index (χ1v) is 6.22. The molecule has 0 amide bonds. The third-order valence-corrected chi connectivity index (χ3v) is 2.93. The molecule has 92 valence electrons. The van der Waals surface area contributed by atoms with E-state index in [4.69, 9.17) is 4.74 Å². The molecule has 0 radical (unpaired) electrons. The molecule has 1 aromatic rings. The maximum atomic E-state index is 6.00. The van der Waals surface area contributed by atoms with Gasteiger partial charge in [-0.05, 0) is 24.5 Å². The highest BCUT2D eigenvalue weighted by Crippen LogP contribution is 2.26. The van der Waals surface area contributed by atoms with E-state index in [1.807, 2.05) is 19.1 Å². The Morgan fingerprint density at radius 1 is 1.24 bits per heavy atom. The van der Waals surface area contributed by atoms with Crippen LogP contribution >= 0.6 is 0 Å². The molecular formula is C14H20N2O. The van der Waals surface area contributed by atoms with Gasteiger partial charge in [-0.15, -0.1) is 0 Å². The Bertz CT molecular complexity index is 412. The number of hydrogen-bond acceptors (Lipinski definition) is 3. The fourth-order valence-electron chi connectivity index (χ4n) is 2.00. The highest BCUT2D eigenvalue weighted by molar-refractivity contribution is 5.87. The predicted octanol–water partition coefficient (Wildman–Crippen LogP) is 2.58. The second-order valence-corrected chi connectivity index (χ2v) is 4.65. The van der Waals surface area contributed by atoms with Crippen LogP contribution in [0.15, 0.2) is 29.3 Å². The van der Waals surface area contributed by atoms with Crippen molar-refractivity contribution in [3.8, 4) is 5.75 Å². The van der Waals surface area contributed by atoms with Crippen LogP contribution in [0, 0.1) is 0 Å². The van der Waals surface area contributed by atoms with Crippen LogP contribution in [-0.4, -0.2) is 25.0 Å². The summed E-state index contributed by atoms with van der Waals surface area (Å²) in [6, 6.07) is 8.22. The fraction of sp³-hybridized carbons (Fsp3) is 0.500. The maximum absolute atomic E-state index is 6.00. The van der Waals surface area contributed by atoms with Crippen molar-refractivity contribution in [1.29, 1.82) is 0 Å². The van der Waals surface area contributed by atoms with Gasteiger partial charge in [0.1, 0.15) is 11.6 Å². The second-order valence-electron chi connectivity index (χ2n) is 4.65. The summed E-state index contributed by atoms with van der Waals surface area (Å²) < 4.78 is 6.00. The molecule has 2 rings (SSSR count). The molecule has 1 heterocycles. The molecule has 1 aliphatic rings. The molecule has 1 aliphatic heterocycles. The van der Waals surface area contributed by atoms with E-state index >= 15 is 0 Å². The molecule has 0 aliphatic carbocycles. The molecule has 1 atom stereocenters. The van der Waals surface area contributed by atoms with Crippen molar-refractivity contribution in [2.75, 3.05) is 13.1 Å². The minimum Gasteiger partial charge on any atom is -0.483 e. The predicted molar refractivity (Wildman–Crippen MR) is 70.9 cm³/mol. The number of nitrogens with one attached hydrogen (secondary N) is 1. The highest BCUT2D eigenvalue weighted by Gasteiger charge is 2.17. The standard InChI is InChI=1S/C14H20N2O/c1-10(2)12-6-4-5-7-13(12)17-11(3)14-15-8-9-16-14/h4-7,10-11H,8-9H2,1-3H3,(H,15,16)/t11-/m0/s1. The first-order valence-electron chi connectivity index (χ1n) is 6.22. The van der Waals surface area contributed by atoms with Crippen molar-refractivity contribution in [3.63, 3.8) is 0 Å². The third kappa shape index (κ3) is 2.78. The molecular weight excluding hydrogens is 212 g/mol. The van der Waals surface area contributed by atoms with E-state index in [0.29, 0.717) is 5.92 Å². The van der Waals surface area contributed by atoms with E-state index in [1.165, 1.54) is 5.56 Å². The molecule has 1 N–H and O–H groups in total. The lowest BCUT2D eigenvalue weighted by Crippen LogP contribution is -2.33. The van der Waals surface area contributed by atoms with Crippen LogP contribution in [0.1, 0.15) is 32.3 Å². The van der Waals surface area contributed by atoms with Crippen molar-refractivity contribution in [2.45, 2.75) is 32.8 Å². The zero-order valence-electron chi connectivity index (χ0n) is 10.7. The zero-order chi connectivity index (χ0) is 12.3. The second kappa shape index (κ2) is 5.21. The Kier molecular flexibility index (Phi) is 3.67. The Morgan fingerprint density at radius 3 is 2.65 bits per heavy atom. The molecule has 0 aromatic heterocycles. The molecule has 0 fully saturated rings. The molecule has 0 saturated heterocycles. The SMILES string of the molecule is CC(C)c1ccccc1O[C@@H](C)C1=NCCN1. The maximum Gasteiger partial charge on any atom is 0.152 e. The Labute approximate surface area is 103 Å². The smallest absolute Gasteiger partial charge is 0.152 e. The van der Waals surface area contributed by atoms with Crippen molar-refractivity contribution in [3.05, 3.63) is 29.8 Å². The van der Waals surface area contributed by atoms with E-state index in [1.54, 1.807) is 0 Å². The van der Waals surface area contributed by atoms with Gasteiger partial charge >= 0.3 is 0 Å². The molecule has 0 saturated carbocycles. The highest BCUT2D eigenvalue weighted by atomic mass is 16.5. The number of para-hydroxylation sites is 1. The topological polar surface area (TPSA) is 33.6 Å². The number of rotatable bonds is 4. The average molecular weight is 232 g/mol. The van der Waals surface area contributed by atoms with Crippen molar-refractivity contribution >= 4 is 5.84 Å². The summed E-state index contributed by atoms with van der Waals surface area (Å²) in [7, 11) is 0. The van der Waals surface area contributed by atoms with Crippen LogP contribution < -0.4 is 10.1 Å². The first-order chi connectivity index (χ1) is 8.18. The summed E-state index contributed by atoms with van der Waals surface area (Å²) in [5.41, 5.74) is 1.25. The summed E-state index contributed by atoms with van der Waals surface area (Å²) in [6.45, 7) is 8.17. The molecule has 17 heavy (non-hydrogen) atoms. The van der Waals surface area contributed by atoms with Crippen molar-refractivity contribution < 1.29 is 4.74 Å². The number of ether oxygens (including phenoxy) is 1. The van der Waals surface area contributed by atoms with Crippen LogP contribution in [-0.2, 0) is 0 Å². The summed E-state index contributed by atoms with van der Waals surface area (Å²) in [6.07, 6.45) is -0.00241. The van der Waals surface area contributed by atoms with Crippen LogP contribution in [0.4, 0.5) is 0 Å². The van der Waals surface area contributed by atoms with Gasteiger partial charge in [0.2, 0.25) is 0 Å². The van der Waals surface area contributed by atoms with Crippen molar-refractivity contribution in [1.82, 2.24) is 5.32 Å². The van der Waals surface area contributed by atoms with Gasteiger partial charge in [-0.25, -0.2) is 0 Å². The van der Waals surface area contributed by atoms with E-state index in [-0.39, 0.29) is 6.10 Å². The van der Waals surface area contributed by atoms with E-state index < -0.39 is 0 Å². The Hall–Kier alpha value is -1.51. The van der Waals surface area contributed by atoms with E-state index in [0.717, 1.165) is 24.7 Å². The minimum absolute atomic E-state index is 0.00241. The Morgan fingerprint density at radius 2 is 2.00 bits per heavy atom. The van der Waals surface area contributed by atoms with Gasteiger partial charge in [0.25, 0.3) is 0 Å². The molecule has 1 aromatic carbocycles. The summed E-state index contributed by atoms with van der Waals surface area (Å²) >= 11 is 0. The van der Waals surface area contributed by atoms with Gasteiger partial charge in [0.15, 0.2) is 6.10 Å². The number of aliphatic imine (C=N–C) groups is 1. The van der Waals surface area contributed by atoms with Gasteiger partial charge in [-0.2, -0.15) is 0 Å². The number of hydrogen-bond donors (Lipinski definition) is 1. The van der Waals surface area contributed by atoms with Gasteiger partial charge in [0.05, 0.1) is 6.54 Å². The number of nitrogens with zero attached hydrogens (tertiary/aromatic N) is 1. The van der Waals surface area contributed by atoms with Gasteiger partial charge in [-0.3, -0.25) is 4.99 Å². The van der Waals surface area contributed by atoms with Crippen molar-refractivity contribution in [2.24, 2.45) is 4.99 Å². The lowest BCUT2D eigenvalue weighted by Gasteiger charge is -2.19. The van der Waals surface area contributed by atoms with E-state index in [2.05, 4.69) is 36.3 Å².